The molecule has 2 aromatic heterocycles. The van der Waals surface area contributed by atoms with Crippen LogP contribution in [-0.4, -0.2) is 50.1 Å². The number of benzene rings is 1. The Morgan fingerprint density at radius 3 is 2.43 bits per heavy atom. The molecule has 3 aromatic rings. The van der Waals surface area contributed by atoms with Gasteiger partial charge in [0.25, 0.3) is 0 Å². The SMILES string of the molecule is CCOc1nn2c(=N)n(CC(=O)c3cc(OCCCCO)cc(C(C)(C)C)c3)nc2c(C)c1C.Cl. The van der Waals surface area contributed by atoms with Crippen LogP contribution >= 0.6 is 12.4 Å². The molecule has 0 bridgehead atoms. The van der Waals surface area contributed by atoms with Gasteiger partial charge < -0.3 is 14.6 Å². The van der Waals surface area contributed by atoms with E-state index in [1.165, 1.54) is 9.20 Å². The summed E-state index contributed by atoms with van der Waals surface area (Å²) in [4.78, 5) is 13.3. The summed E-state index contributed by atoms with van der Waals surface area (Å²) in [6, 6.07) is 5.57. The number of Topliss-reactive ketones (excluding diaryl/α,β-unsaturated/α-hetero) is 1. The molecule has 2 heterocycles. The van der Waals surface area contributed by atoms with Crippen molar-refractivity contribution in [1.29, 1.82) is 5.41 Å². The molecule has 0 saturated heterocycles. The summed E-state index contributed by atoms with van der Waals surface area (Å²) in [6.07, 6.45) is 1.40. The second-order valence-electron chi connectivity index (χ2n) is 9.40. The first-order valence-corrected chi connectivity index (χ1v) is 11.6. The third kappa shape index (κ3) is 6.41. The number of aromatic nitrogens is 4. The summed E-state index contributed by atoms with van der Waals surface area (Å²) < 4.78 is 14.2. The van der Waals surface area contributed by atoms with Gasteiger partial charge in [0.1, 0.15) is 12.3 Å². The van der Waals surface area contributed by atoms with Gasteiger partial charge in [-0.25, -0.2) is 4.68 Å². The normalized spacial score (nSPS) is 11.4. The Hall–Kier alpha value is -2.91. The van der Waals surface area contributed by atoms with Gasteiger partial charge in [-0.1, -0.05) is 20.8 Å². The average Bonchev–Trinajstić information content (AvgIpc) is 3.09. The van der Waals surface area contributed by atoms with Crippen molar-refractivity contribution in [3.63, 3.8) is 0 Å². The van der Waals surface area contributed by atoms with Gasteiger partial charge in [0.15, 0.2) is 11.4 Å². The fourth-order valence-corrected chi connectivity index (χ4v) is 3.53. The molecule has 0 aliphatic rings. The topological polar surface area (TPSA) is 115 Å². The van der Waals surface area contributed by atoms with E-state index in [0.717, 1.165) is 23.1 Å². The predicted octanol–water partition coefficient (Wildman–Crippen LogP) is 3.78. The van der Waals surface area contributed by atoms with E-state index in [9.17, 15) is 4.79 Å². The van der Waals surface area contributed by atoms with E-state index < -0.39 is 0 Å². The number of fused-ring (bicyclic) bond motifs is 1. The molecule has 0 unspecified atom stereocenters. The van der Waals surface area contributed by atoms with E-state index in [2.05, 4.69) is 31.0 Å². The summed E-state index contributed by atoms with van der Waals surface area (Å²) in [7, 11) is 0. The van der Waals surface area contributed by atoms with Gasteiger partial charge in [-0.3, -0.25) is 10.2 Å². The third-order valence-corrected chi connectivity index (χ3v) is 5.76. The van der Waals surface area contributed by atoms with Crippen molar-refractivity contribution in [2.24, 2.45) is 0 Å². The van der Waals surface area contributed by atoms with Crippen molar-refractivity contribution >= 4 is 23.8 Å². The summed E-state index contributed by atoms with van der Waals surface area (Å²) in [5.74, 6) is 0.902. The average molecular weight is 506 g/mol. The number of halogens is 1. The molecule has 1 aromatic carbocycles. The number of nitrogens with one attached hydrogen (secondary N) is 1. The van der Waals surface area contributed by atoms with Crippen molar-refractivity contribution in [2.75, 3.05) is 19.8 Å². The Kier molecular flexibility index (Phi) is 9.45. The fraction of sp³-hybridized carbons (Fsp3) is 0.520. The lowest BCUT2D eigenvalue weighted by Gasteiger charge is -2.21. The number of unbranched alkanes of at least 4 members (excludes halogenated alkanes) is 1. The highest BCUT2D eigenvalue weighted by atomic mass is 35.5. The zero-order valence-corrected chi connectivity index (χ0v) is 22.2. The van der Waals surface area contributed by atoms with Crippen LogP contribution in [0.5, 0.6) is 11.6 Å². The minimum absolute atomic E-state index is 0. The van der Waals surface area contributed by atoms with Crippen LogP contribution < -0.4 is 15.1 Å². The fourth-order valence-electron chi connectivity index (χ4n) is 3.53. The van der Waals surface area contributed by atoms with E-state index >= 15 is 0 Å². The molecule has 0 fully saturated rings. The Morgan fingerprint density at radius 2 is 1.80 bits per heavy atom. The van der Waals surface area contributed by atoms with Crippen LogP contribution in [-0.2, 0) is 12.0 Å². The zero-order chi connectivity index (χ0) is 25.0. The summed E-state index contributed by atoms with van der Waals surface area (Å²) >= 11 is 0. The summed E-state index contributed by atoms with van der Waals surface area (Å²) in [6.45, 7) is 12.9. The Balaban J connectivity index is 0.00000432. The quantitative estimate of drug-likeness (QED) is 0.320. The number of carbonyl (C=O) groups excluding carboxylic acids is 1. The lowest BCUT2D eigenvalue weighted by Crippen LogP contribution is -2.26. The monoisotopic (exact) mass is 505 g/mol. The molecule has 0 atom stereocenters. The molecule has 2 N–H and O–H groups in total. The number of aliphatic hydroxyl groups is 1. The Bertz CT molecular complexity index is 1240. The maximum Gasteiger partial charge on any atom is 0.242 e. The van der Waals surface area contributed by atoms with E-state index in [0.29, 0.717) is 42.5 Å². The molecule has 9 nitrogen and oxygen atoms in total. The molecule has 0 aliphatic heterocycles. The molecular formula is C25H36ClN5O4. The molecule has 10 heteroatoms. The molecule has 0 saturated carbocycles. The van der Waals surface area contributed by atoms with Crippen LogP contribution in [0, 0.1) is 19.3 Å². The van der Waals surface area contributed by atoms with Gasteiger partial charge in [0.2, 0.25) is 11.5 Å². The predicted molar refractivity (Wildman–Crippen MR) is 136 cm³/mol. The van der Waals surface area contributed by atoms with Crippen molar-refractivity contribution in [3.05, 3.63) is 46.1 Å². The van der Waals surface area contributed by atoms with E-state index in [4.69, 9.17) is 20.0 Å². The van der Waals surface area contributed by atoms with Gasteiger partial charge in [0.05, 0.1) is 13.2 Å². The van der Waals surface area contributed by atoms with Crippen molar-refractivity contribution in [3.8, 4) is 11.6 Å². The van der Waals surface area contributed by atoms with E-state index in [-0.39, 0.29) is 42.4 Å². The maximum atomic E-state index is 13.3. The lowest BCUT2D eigenvalue weighted by molar-refractivity contribution is 0.0965. The first-order chi connectivity index (χ1) is 16.1. The number of hydrogen-bond acceptors (Lipinski definition) is 7. The largest absolute Gasteiger partial charge is 0.494 e. The number of rotatable bonds is 10. The highest BCUT2D eigenvalue weighted by molar-refractivity contribution is 5.96. The van der Waals surface area contributed by atoms with Gasteiger partial charge in [-0.15, -0.1) is 22.6 Å². The number of hydrogen-bond donors (Lipinski definition) is 2. The molecule has 0 amide bonds. The number of ether oxygens (including phenoxy) is 2. The Labute approximate surface area is 212 Å². The summed E-state index contributed by atoms with van der Waals surface area (Å²) in [5.41, 5.74) is 3.55. The van der Waals surface area contributed by atoms with Crippen LogP contribution in [0.4, 0.5) is 0 Å². The van der Waals surface area contributed by atoms with Gasteiger partial charge in [-0.2, -0.15) is 4.52 Å². The molecule has 35 heavy (non-hydrogen) atoms. The zero-order valence-electron chi connectivity index (χ0n) is 21.3. The van der Waals surface area contributed by atoms with E-state index in [1.807, 2.05) is 32.9 Å². The number of nitrogens with zero attached hydrogens (tertiary/aromatic N) is 4. The maximum absolute atomic E-state index is 13.3. The standard InChI is InChI=1S/C25H35N5O4.ClH/c1-7-33-23-17(3)16(2)22-27-29(24(26)30(22)28-23)15-21(32)18-12-19(25(4,5)6)14-20(13-18)34-11-9-8-10-31;/h12-14,26,31H,7-11,15H2,1-6H3;1H. The second kappa shape index (κ2) is 11.7. The minimum Gasteiger partial charge on any atom is -0.494 e. The molecule has 0 aliphatic carbocycles. The van der Waals surface area contributed by atoms with Crippen LogP contribution in [0.25, 0.3) is 5.65 Å². The molecular weight excluding hydrogens is 470 g/mol. The van der Waals surface area contributed by atoms with Gasteiger partial charge in [-0.05, 0) is 62.8 Å². The highest BCUT2D eigenvalue weighted by Crippen LogP contribution is 2.28. The van der Waals surface area contributed by atoms with Crippen LogP contribution in [0.2, 0.25) is 0 Å². The molecule has 0 spiro atoms. The van der Waals surface area contributed by atoms with Crippen molar-refractivity contribution in [1.82, 2.24) is 19.4 Å². The van der Waals surface area contributed by atoms with Crippen LogP contribution in [0.1, 0.15) is 67.6 Å². The smallest absolute Gasteiger partial charge is 0.242 e. The van der Waals surface area contributed by atoms with Crippen molar-refractivity contribution in [2.45, 2.75) is 66.3 Å². The first kappa shape index (κ1) is 28.3. The van der Waals surface area contributed by atoms with Crippen molar-refractivity contribution < 1.29 is 19.4 Å². The molecule has 3 rings (SSSR count). The Morgan fingerprint density at radius 1 is 1.09 bits per heavy atom. The number of carbonyl (C=O) groups is 1. The number of ketones is 1. The van der Waals surface area contributed by atoms with Gasteiger partial charge in [0, 0.05) is 23.3 Å². The first-order valence-electron chi connectivity index (χ1n) is 11.6. The molecule has 0 radical (unpaired) electrons. The number of aryl methyl sites for hydroxylation is 1. The molecule has 192 valence electrons. The van der Waals surface area contributed by atoms with E-state index in [1.54, 1.807) is 6.07 Å². The highest BCUT2D eigenvalue weighted by Gasteiger charge is 2.20. The lowest BCUT2D eigenvalue weighted by atomic mass is 9.85. The third-order valence-electron chi connectivity index (χ3n) is 5.76. The van der Waals surface area contributed by atoms with Gasteiger partial charge >= 0.3 is 0 Å². The minimum atomic E-state index is -0.176. The van der Waals surface area contributed by atoms with Crippen LogP contribution in [0.15, 0.2) is 18.2 Å². The number of aliphatic hydroxyl groups excluding tert-OH is 1. The summed E-state index contributed by atoms with van der Waals surface area (Å²) in [5, 5.41) is 26.4. The van der Waals surface area contributed by atoms with Crippen LogP contribution in [0.3, 0.4) is 0 Å². The second-order valence-corrected chi connectivity index (χ2v) is 9.40.